The first kappa shape index (κ1) is 22.1. The molecule has 0 aromatic heterocycles. The first-order valence-corrected chi connectivity index (χ1v) is 8.89. The van der Waals surface area contributed by atoms with E-state index < -0.39 is 0 Å². The Hall–Kier alpha value is -0.940. The summed E-state index contributed by atoms with van der Waals surface area (Å²) in [6.07, 6.45) is 7.30. The van der Waals surface area contributed by atoms with Gasteiger partial charge in [-0.05, 0) is 43.4 Å². The molecule has 2 N–H and O–H groups in total. The first-order chi connectivity index (χ1) is 11.2. The monoisotopic (exact) mass is 388 g/mol. The lowest BCUT2D eigenvalue weighted by molar-refractivity contribution is -0.986. The third kappa shape index (κ3) is 6.37. The van der Waals surface area contributed by atoms with E-state index in [2.05, 4.69) is 6.08 Å². The van der Waals surface area contributed by atoms with Gasteiger partial charge >= 0.3 is 0 Å². The van der Waals surface area contributed by atoms with Crippen LogP contribution in [0.2, 0.25) is 0 Å². The molecular weight excluding hydrogens is 362 g/mol. The van der Waals surface area contributed by atoms with Crippen LogP contribution in [0.5, 0.6) is 0 Å². The summed E-state index contributed by atoms with van der Waals surface area (Å²) in [4.78, 5) is 15.2. The minimum atomic E-state index is -0.173. The van der Waals surface area contributed by atoms with Crippen LogP contribution in [0, 0.1) is 5.82 Å². The van der Waals surface area contributed by atoms with Crippen LogP contribution in [-0.2, 0) is 4.79 Å². The van der Waals surface area contributed by atoms with Crippen LogP contribution in [0.1, 0.15) is 32.1 Å². The quantitative estimate of drug-likeness (QED) is 0.517. The second-order valence-electron chi connectivity index (χ2n) is 6.76. The number of Topliss-reactive ketones (excluding diaryl/α,β-unsaturated/α-hetero) is 1. The fourth-order valence-corrected chi connectivity index (χ4v) is 3.67. The van der Waals surface area contributed by atoms with Gasteiger partial charge in [0.2, 0.25) is 0 Å². The van der Waals surface area contributed by atoms with Crippen molar-refractivity contribution >= 4 is 11.5 Å². The smallest absolute Gasteiger partial charge is 0.164 e. The van der Waals surface area contributed by atoms with E-state index in [1.54, 1.807) is 0 Å². The lowest BCUT2D eigenvalue weighted by atomic mass is 9.95. The molecule has 0 amide bonds. The molecule has 0 atom stereocenters. The van der Waals surface area contributed by atoms with Gasteiger partial charge in [0.05, 0.1) is 13.0 Å². The number of benzene rings is 1. The number of rotatable bonds is 5. The first-order valence-electron chi connectivity index (χ1n) is 8.89. The van der Waals surface area contributed by atoms with Gasteiger partial charge in [0.1, 0.15) is 37.7 Å². The van der Waals surface area contributed by atoms with E-state index in [0.29, 0.717) is 12.2 Å². The Morgan fingerprint density at radius 2 is 1.68 bits per heavy atom. The van der Waals surface area contributed by atoms with Crippen LogP contribution >= 0.6 is 0 Å². The highest BCUT2D eigenvalue weighted by Crippen LogP contribution is 2.18. The lowest BCUT2D eigenvalue weighted by Gasteiger charge is -2.29. The molecule has 140 valence electrons. The lowest BCUT2D eigenvalue weighted by Crippen LogP contribution is -3.26. The van der Waals surface area contributed by atoms with Gasteiger partial charge in [0.25, 0.3) is 0 Å². The number of nitrogens with one attached hydrogen (secondary N) is 2. The molecule has 3 nitrogen and oxygen atoms in total. The number of halogens is 3. The number of hydrogen-bond acceptors (Lipinski definition) is 1. The molecule has 0 unspecified atom stereocenters. The van der Waals surface area contributed by atoms with Crippen LogP contribution in [0.15, 0.2) is 35.9 Å². The highest BCUT2D eigenvalue weighted by atomic mass is 35.5. The average Bonchev–Trinajstić information content (AvgIpc) is 2.61. The van der Waals surface area contributed by atoms with Crippen molar-refractivity contribution < 1.29 is 43.8 Å². The topological polar surface area (TPSA) is 26.0 Å². The highest BCUT2D eigenvalue weighted by molar-refractivity contribution is 5.95. The maximum absolute atomic E-state index is 13.0. The van der Waals surface area contributed by atoms with Crippen molar-refractivity contribution in [1.82, 2.24) is 0 Å². The van der Waals surface area contributed by atoms with E-state index in [0.717, 1.165) is 51.1 Å². The summed E-state index contributed by atoms with van der Waals surface area (Å²) in [5.41, 5.74) is 2.25. The van der Waals surface area contributed by atoms with Gasteiger partial charge < -0.3 is 29.7 Å². The Morgan fingerprint density at radius 3 is 2.28 bits per heavy atom. The van der Waals surface area contributed by atoms with E-state index >= 15 is 0 Å². The minimum Gasteiger partial charge on any atom is -1.00 e. The summed E-state index contributed by atoms with van der Waals surface area (Å²) in [6, 6.07) is 6.85. The third-order valence-electron chi connectivity index (χ3n) is 5.17. The Bertz CT molecular complexity index is 569. The SMILES string of the molecule is O=C(CC[NH+]1CC[NH+](c2ccc(F)cc2)CC1)C1=CCCCC1.[Cl-].[Cl-]. The summed E-state index contributed by atoms with van der Waals surface area (Å²) in [6.45, 7) is 5.22. The number of piperazine rings is 1. The van der Waals surface area contributed by atoms with Crippen LogP contribution in [-0.4, -0.2) is 38.5 Å². The molecule has 3 rings (SSSR count). The summed E-state index contributed by atoms with van der Waals surface area (Å²) in [5, 5.41) is 0. The van der Waals surface area contributed by atoms with Gasteiger partial charge in [0.15, 0.2) is 5.78 Å². The molecule has 1 fully saturated rings. The Kier molecular flexibility index (Phi) is 9.65. The zero-order chi connectivity index (χ0) is 16.1. The minimum absolute atomic E-state index is 0. The summed E-state index contributed by atoms with van der Waals surface area (Å²) in [7, 11) is 0. The second-order valence-corrected chi connectivity index (χ2v) is 6.76. The molecule has 0 radical (unpaired) electrons. The van der Waals surface area contributed by atoms with E-state index in [1.165, 1.54) is 40.5 Å². The molecule has 1 aromatic carbocycles. The molecule has 1 aromatic rings. The van der Waals surface area contributed by atoms with Gasteiger partial charge in [0, 0.05) is 12.1 Å². The number of carbonyl (C=O) groups excluding carboxylic acids is 1. The molecule has 1 heterocycles. The van der Waals surface area contributed by atoms with Crippen LogP contribution in [0.3, 0.4) is 0 Å². The summed E-state index contributed by atoms with van der Waals surface area (Å²) in [5.74, 6) is 0.193. The van der Waals surface area contributed by atoms with Gasteiger partial charge in [-0.15, -0.1) is 0 Å². The largest absolute Gasteiger partial charge is 1.00 e. The van der Waals surface area contributed by atoms with E-state index in [9.17, 15) is 9.18 Å². The summed E-state index contributed by atoms with van der Waals surface area (Å²) >= 11 is 0. The van der Waals surface area contributed by atoms with Crippen molar-refractivity contribution in [3.63, 3.8) is 0 Å². The fourth-order valence-electron chi connectivity index (χ4n) is 3.67. The van der Waals surface area contributed by atoms with Gasteiger partial charge in [-0.3, -0.25) is 9.69 Å². The number of carbonyl (C=O) groups is 1. The fraction of sp³-hybridized carbons (Fsp3) is 0.526. The molecule has 1 aliphatic carbocycles. The predicted molar refractivity (Wildman–Crippen MR) is 88.5 cm³/mol. The highest BCUT2D eigenvalue weighted by Gasteiger charge is 2.25. The molecule has 0 spiro atoms. The van der Waals surface area contributed by atoms with Crippen molar-refractivity contribution in [3.8, 4) is 0 Å². The Morgan fingerprint density at radius 1 is 1.00 bits per heavy atom. The van der Waals surface area contributed by atoms with E-state index in [1.807, 2.05) is 12.1 Å². The standard InChI is InChI=1S/C19H25FN2O.2ClH/c20-17-6-8-18(9-7-17)22-14-12-21(13-15-22)11-10-19(23)16-4-2-1-3-5-16;;/h4,6-9H,1-3,5,10-15H2;2*1H. The number of quaternary nitrogens is 2. The van der Waals surface area contributed by atoms with Crippen molar-refractivity contribution in [2.24, 2.45) is 0 Å². The molecule has 1 saturated heterocycles. The molecule has 0 bridgehead atoms. The third-order valence-corrected chi connectivity index (χ3v) is 5.17. The Labute approximate surface area is 162 Å². The number of hydrogen-bond donors (Lipinski definition) is 2. The van der Waals surface area contributed by atoms with Crippen molar-refractivity contribution in [2.45, 2.75) is 32.1 Å². The van der Waals surface area contributed by atoms with E-state index in [4.69, 9.17) is 0 Å². The Balaban J connectivity index is 0.00000156. The van der Waals surface area contributed by atoms with E-state index in [-0.39, 0.29) is 30.6 Å². The molecule has 1 aliphatic heterocycles. The zero-order valence-corrected chi connectivity index (χ0v) is 16.0. The zero-order valence-electron chi connectivity index (χ0n) is 14.5. The maximum Gasteiger partial charge on any atom is 0.164 e. The van der Waals surface area contributed by atoms with Crippen molar-refractivity contribution in [3.05, 3.63) is 41.7 Å². The van der Waals surface area contributed by atoms with Crippen LogP contribution < -0.4 is 34.6 Å². The summed E-state index contributed by atoms with van der Waals surface area (Å²) < 4.78 is 13.0. The predicted octanol–water partition coefficient (Wildman–Crippen LogP) is -5.29. The van der Waals surface area contributed by atoms with Gasteiger partial charge in [-0.25, -0.2) is 4.39 Å². The van der Waals surface area contributed by atoms with Gasteiger partial charge in [-0.1, -0.05) is 6.08 Å². The molecule has 6 heteroatoms. The number of allylic oxidation sites excluding steroid dienone is 2. The van der Waals surface area contributed by atoms with Crippen molar-refractivity contribution in [2.75, 3.05) is 32.7 Å². The molecule has 0 saturated carbocycles. The average molecular weight is 389 g/mol. The van der Waals surface area contributed by atoms with Crippen molar-refractivity contribution in [1.29, 1.82) is 0 Å². The molecule has 25 heavy (non-hydrogen) atoms. The van der Waals surface area contributed by atoms with Crippen LogP contribution in [0.25, 0.3) is 0 Å². The second kappa shape index (κ2) is 10.9. The number of ketones is 1. The normalized spacial score (nSPS) is 23.0. The van der Waals surface area contributed by atoms with Gasteiger partial charge in [-0.2, -0.15) is 0 Å². The molecular formula is C19H27Cl2FN2O. The van der Waals surface area contributed by atoms with Crippen LogP contribution in [0.4, 0.5) is 10.1 Å². The maximum atomic E-state index is 13.0. The molecule has 2 aliphatic rings.